The van der Waals surface area contributed by atoms with Crippen molar-refractivity contribution in [2.24, 2.45) is 0 Å². The number of hydrogen-bond acceptors (Lipinski definition) is 3. The number of nitrogens with one attached hydrogen (secondary N) is 2. The average Bonchev–Trinajstić information content (AvgIpc) is 2.17. The SMILES string of the molecule is CNCC(C)(C)Nc1cccc(OC)c1. The van der Waals surface area contributed by atoms with Crippen LogP contribution in [0.5, 0.6) is 5.75 Å². The minimum absolute atomic E-state index is 0.0289. The van der Waals surface area contributed by atoms with Crippen LogP contribution in [0.4, 0.5) is 5.69 Å². The molecule has 3 heteroatoms. The van der Waals surface area contributed by atoms with Crippen molar-refractivity contribution in [3.8, 4) is 5.75 Å². The predicted molar refractivity (Wildman–Crippen MR) is 64.6 cm³/mol. The van der Waals surface area contributed by atoms with Gasteiger partial charge in [0.15, 0.2) is 0 Å². The highest BCUT2D eigenvalue weighted by Gasteiger charge is 2.15. The number of likely N-dealkylation sites (N-methyl/N-ethyl adjacent to an activating group) is 1. The highest BCUT2D eigenvalue weighted by molar-refractivity contribution is 5.49. The van der Waals surface area contributed by atoms with Crippen LogP contribution in [0.15, 0.2) is 24.3 Å². The first kappa shape index (κ1) is 11.9. The number of methoxy groups -OCH3 is 1. The zero-order chi connectivity index (χ0) is 11.3. The molecule has 0 aromatic heterocycles. The Balaban J connectivity index is 2.71. The fourth-order valence-corrected chi connectivity index (χ4v) is 1.58. The first-order valence-corrected chi connectivity index (χ1v) is 5.14. The van der Waals surface area contributed by atoms with Gasteiger partial charge in [-0.15, -0.1) is 0 Å². The molecule has 1 aromatic rings. The molecule has 0 heterocycles. The molecule has 0 fully saturated rings. The molecule has 0 unspecified atom stereocenters. The zero-order valence-electron chi connectivity index (χ0n) is 9.92. The van der Waals surface area contributed by atoms with Crippen molar-refractivity contribution in [3.05, 3.63) is 24.3 Å². The van der Waals surface area contributed by atoms with Crippen LogP contribution in [0.25, 0.3) is 0 Å². The van der Waals surface area contributed by atoms with Crippen LogP contribution in [0.1, 0.15) is 13.8 Å². The van der Waals surface area contributed by atoms with E-state index >= 15 is 0 Å². The topological polar surface area (TPSA) is 33.3 Å². The van der Waals surface area contributed by atoms with E-state index < -0.39 is 0 Å². The maximum absolute atomic E-state index is 5.17. The summed E-state index contributed by atoms with van der Waals surface area (Å²) >= 11 is 0. The summed E-state index contributed by atoms with van der Waals surface area (Å²) in [6.45, 7) is 5.22. The Kier molecular flexibility index (Phi) is 3.97. The molecule has 0 amide bonds. The molecule has 0 saturated heterocycles. The van der Waals surface area contributed by atoms with Gasteiger partial charge in [0.25, 0.3) is 0 Å². The Bertz CT molecular complexity index is 310. The molecule has 1 aromatic carbocycles. The summed E-state index contributed by atoms with van der Waals surface area (Å²) in [6.07, 6.45) is 0. The fraction of sp³-hybridized carbons (Fsp3) is 0.500. The van der Waals surface area contributed by atoms with Gasteiger partial charge in [0.1, 0.15) is 5.75 Å². The Morgan fingerprint density at radius 3 is 2.67 bits per heavy atom. The number of hydrogen-bond donors (Lipinski definition) is 2. The van der Waals surface area contributed by atoms with Crippen molar-refractivity contribution in [2.45, 2.75) is 19.4 Å². The molecule has 2 N–H and O–H groups in total. The summed E-state index contributed by atoms with van der Waals surface area (Å²) in [5.41, 5.74) is 1.11. The quantitative estimate of drug-likeness (QED) is 0.777. The predicted octanol–water partition coefficient (Wildman–Crippen LogP) is 2.11. The fourth-order valence-electron chi connectivity index (χ4n) is 1.58. The van der Waals surface area contributed by atoms with Gasteiger partial charge in [-0.05, 0) is 33.0 Å². The molecular formula is C12H20N2O. The van der Waals surface area contributed by atoms with E-state index in [1.54, 1.807) is 7.11 Å². The molecule has 0 atom stereocenters. The highest BCUT2D eigenvalue weighted by Crippen LogP contribution is 2.20. The summed E-state index contributed by atoms with van der Waals surface area (Å²) in [5, 5.41) is 6.61. The Morgan fingerprint density at radius 1 is 1.33 bits per heavy atom. The van der Waals surface area contributed by atoms with Crippen molar-refractivity contribution in [2.75, 3.05) is 26.0 Å². The Morgan fingerprint density at radius 2 is 2.07 bits per heavy atom. The lowest BCUT2D eigenvalue weighted by atomic mass is 10.1. The number of ether oxygens (including phenoxy) is 1. The molecule has 0 aliphatic carbocycles. The molecule has 0 aliphatic heterocycles. The number of rotatable bonds is 5. The standard InChI is InChI=1S/C12H20N2O/c1-12(2,9-13-3)14-10-6-5-7-11(8-10)15-4/h5-8,13-14H,9H2,1-4H3. The Hall–Kier alpha value is -1.22. The van der Waals surface area contributed by atoms with E-state index in [9.17, 15) is 0 Å². The van der Waals surface area contributed by atoms with Crippen LogP contribution in [0.3, 0.4) is 0 Å². The van der Waals surface area contributed by atoms with Crippen molar-refractivity contribution in [1.29, 1.82) is 0 Å². The first-order valence-electron chi connectivity index (χ1n) is 5.14. The molecule has 0 saturated carbocycles. The minimum atomic E-state index is 0.0289. The summed E-state index contributed by atoms with van der Waals surface area (Å²) < 4.78 is 5.17. The summed E-state index contributed by atoms with van der Waals surface area (Å²) in [4.78, 5) is 0. The second-order valence-electron chi connectivity index (χ2n) is 4.27. The van der Waals surface area contributed by atoms with Crippen LogP contribution < -0.4 is 15.4 Å². The van der Waals surface area contributed by atoms with E-state index in [0.29, 0.717) is 0 Å². The molecule has 1 rings (SSSR count). The monoisotopic (exact) mass is 208 g/mol. The van der Waals surface area contributed by atoms with Crippen molar-refractivity contribution < 1.29 is 4.74 Å². The zero-order valence-corrected chi connectivity index (χ0v) is 9.92. The van der Waals surface area contributed by atoms with Crippen LogP contribution in [0, 0.1) is 0 Å². The van der Waals surface area contributed by atoms with Crippen LogP contribution >= 0.6 is 0 Å². The average molecular weight is 208 g/mol. The molecule has 15 heavy (non-hydrogen) atoms. The van der Waals surface area contributed by atoms with Crippen molar-refractivity contribution in [3.63, 3.8) is 0 Å². The van der Waals surface area contributed by atoms with Gasteiger partial charge in [-0.1, -0.05) is 6.07 Å². The van der Waals surface area contributed by atoms with E-state index in [0.717, 1.165) is 18.0 Å². The van der Waals surface area contributed by atoms with E-state index in [1.807, 2.05) is 31.3 Å². The van der Waals surface area contributed by atoms with Gasteiger partial charge in [0.2, 0.25) is 0 Å². The summed E-state index contributed by atoms with van der Waals surface area (Å²) in [7, 11) is 3.63. The van der Waals surface area contributed by atoms with Gasteiger partial charge in [-0.3, -0.25) is 0 Å². The third-order valence-corrected chi connectivity index (χ3v) is 2.17. The lowest BCUT2D eigenvalue weighted by molar-refractivity contribution is 0.415. The van der Waals surface area contributed by atoms with Gasteiger partial charge in [0.05, 0.1) is 7.11 Å². The normalized spacial score (nSPS) is 11.2. The number of anilines is 1. The molecule has 0 aliphatic rings. The Labute approximate surface area is 91.8 Å². The molecule has 0 bridgehead atoms. The van der Waals surface area contributed by atoms with Crippen molar-refractivity contribution in [1.82, 2.24) is 5.32 Å². The van der Waals surface area contributed by atoms with Crippen molar-refractivity contribution >= 4 is 5.69 Å². The maximum atomic E-state index is 5.17. The van der Waals surface area contributed by atoms with E-state index in [1.165, 1.54) is 0 Å². The lowest BCUT2D eigenvalue weighted by Gasteiger charge is -2.27. The smallest absolute Gasteiger partial charge is 0.120 e. The lowest BCUT2D eigenvalue weighted by Crippen LogP contribution is -2.40. The van der Waals surface area contributed by atoms with Gasteiger partial charge < -0.3 is 15.4 Å². The molecule has 84 valence electrons. The van der Waals surface area contributed by atoms with Crippen LogP contribution in [0.2, 0.25) is 0 Å². The van der Waals surface area contributed by atoms with Gasteiger partial charge in [-0.25, -0.2) is 0 Å². The maximum Gasteiger partial charge on any atom is 0.120 e. The highest BCUT2D eigenvalue weighted by atomic mass is 16.5. The minimum Gasteiger partial charge on any atom is -0.497 e. The molecule has 0 radical (unpaired) electrons. The third-order valence-electron chi connectivity index (χ3n) is 2.17. The first-order chi connectivity index (χ1) is 7.07. The summed E-state index contributed by atoms with van der Waals surface area (Å²) in [5.74, 6) is 0.875. The van der Waals surface area contributed by atoms with Gasteiger partial charge in [-0.2, -0.15) is 0 Å². The second-order valence-corrected chi connectivity index (χ2v) is 4.27. The van der Waals surface area contributed by atoms with E-state index in [-0.39, 0.29) is 5.54 Å². The molecule has 3 nitrogen and oxygen atoms in total. The van der Waals surface area contributed by atoms with Gasteiger partial charge in [0, 0.05) is 23.8 Å². The molecular weight excluding hydrogens is 188 g/mol. The number of benzene rings is 1. The largest absolute Gasteiger partial charge is 0.497 e. The van der Waals surface area contributed by atoms with E-state index in [2.05, 4.69) is 24.5 Å². The van der Waals surface area contributed by atoms with Crippen LogP contribution in [-0.2, 0) is 0 Å². The molecule has 0 spiro atoms. The van der Waals surface area contributed by atoms with Crippen LogP contribution in [-0.4, -0.2) is 26.2 Å². The third kappa shape index (κ3) is 3.80. The summed E-state index contributed by atoms with van der Waals surface area (Å²) in [6, 6.07) is 7.96. The van der Waals surface area contributed by atoms with Gasteiger partial charge >= 0.3 is 0 Å². The van der Waals surface area contributed by atoms with E-state index in [4.69, 9.17) is 4.74 Å². The second kappa shape index (κ2) is 5.03.